The number of benzene rings is 3. The number of aryl methyl sites for hydroxylation is 1. The molecule has 0 aliphatic carbocycles. The molecule has 0 saturated carbocycles. The van der Waals surface area contributed by atoms with E-state index in [9.17, 15) is 19.3 Å². The molecule has 1 aromatic heterocycles. The Hall–Kier alpha value is -4.53. The van der Waals surface area contributed by atoms with Crippen LogP contribution in [0.1, 0.15) is 16.1 Å². The van der Waals surface area contributed by atoms with Gasteiger partial charge in [-0.25, -0.2) is 4.39 Å². The molecule has 1 heterocycles. The number of rotatable bonds is 6. The molecule has 0 radical (unpaired) electrons. The van der Waals surface area contributed by atoms with Crippen LogP contribution in [0.5, 0.6) is 11.5 Å². The zero-order valence-electron chi connectivity index (χ0n) is 16.8. The Labute approximate surface area is 181 Å². The van der Waals surface area contributed by atoms with Gasteiger partial charge < -0.3 is 10.1 Å². The summed E-state index contributed by atoms with van der Waals surface area (Å²) < 4.78 is 18.9. The molecule has 3 aromatic carbocycles. The highest BCUT2D eigenvalue weighted by Crippen LogP contribution is 2.31. The van der Waals surface area contributed by atoms with Crippen LogP contribution in [0.4, 0.5) is 15.8 Å². The molecule has 0 saturated heterocycles. The van der Waals surface area contributed by atoms with Crippen molar-refractivity contribution in [1.29, 1.82) is 0 Å². The number of anilines is 1. The second-order valence-corrected chi connectivity index (χ2v) is 6.97. The Morgan fingerprint density at radius 3 is 2.56 bits per heavy atom. The standard InChI is InChI=1S/C23H17FN4O4/c1-14-4-2-3-5-22(14)32-19-11-17(10-18(12-19)28(30)31)25-23(29)21-13-20(26-27-21)15-6-8-16(24)9-7-15/h2-13H,1H3,(H,25,29)(H,26,27). The lowest BCUT2D eigenvalue weighted by molar-refractivity contribution is -0.384. The van der Waals surface area contributed by atoms with E-state index in [1.54, 1.807) is 24.3 Å². The quantitative estimate of drug-likeness (QED) is 0.310. The van der Waals surface area contributed by atoms with Crippen LogP contribution in [0.25, 0.3) is 11.3 Å². The predicted octanol–water partition coefficient (Wildman–Crippen LogP) is 5.48. The van der Waals surface area contributed by atoms with Gasteiger partial charge in [0.05, 0.1) is 22.4 Å². The van der Waals surface area contributed by atoms with Gasteiger partial charge in [0.2, 0.25) is 0 Å². The van der Waals surface area contributed by atoms with Gasteiger partial charge in [0.15, 0.2) is 0 Å². The van der Waals surface area contributed by atoms with Gasteiger partial charge in [0.1, 0.15) is 23.0 Å². The van der Waals surface area contributed by atoms with Gasteiger partial charge in [0, 0.05) is 17.7 Å². The van der Waals surface area contributed by atoms with Crippen LogP contribution in [-0.4, -0.2) is 21.0 Å². The minimum absolute atomic E-state index is 0.136. The molecule has 0 fully saturated rings. The molecule has 9 heteroatoms. The number of carbonyl (C=O) groups excluding carboxylic acids is 1. The van der Waals surface area contributed by atoms with E-state index >= 15 is 0 Å². The maximum Gasteiger partial charge on any atom is 0.275 e. The Bertz CT molecular complexity index is 1300. The smallest absolute Gasteiger partial charge is 0.275 e. The summed E-state index contributed by atoms with van der Waals surface area (Å²) in [6.45, 7) is 1.85. The summed E-state index contributed by atoms with van der Waals surface area (Å²) in [5, 5.41) is 20.7. The third-order valence-electron chi connectivity index (χ3n) is 4.64. The Balaban J connectivity index is 1.57. The van der Waals surface area contributed by atoms with Crippen molar-refractivity contribution < 1.29 is 18.8 Å². The molecule has 0 unspecified atom stereocenters. The number of halogens is 1. The van der Waals surface area contributed by atoms with Crippen molar-refractivity contribution in [3.8, 4) is 22.8 Å². The minimum Gasteiger partial charge on any atom is -0.457 e. The van der Waals surface area contributed by atoms with Gasteiger partial charge >= 0.3 is 0 Å². The SMILES string of the molecule is Cc1ccccc1Oc1cc(NC(=O)c2cc(-c3ccc(F)cc3)n[nH]2)cc([N+](=O)[O-])c1. The van der Waals surface area contributed by atoms with Crippen LogP contribution in [-0.2, 0) is 0 Å². The van der Waals surface area contributed by atoms with E-state index in [2.05, 4.69) is 15.5 Å². The summed E-state index contributed by atoms with van der Waals surface area (Å²) in [7, 11) is 0. The average Bonchev–Trinajstić information content (AvgIpc) is 3.26. The first kappa shape index (κ1) is 20.7. The highest BCUT2D eigenvalue weighted by Gasteiger charge is 2.16. The maximum absolute atomic E-state index is 13.1. The summed E-state index contributed by atoms with van der Waals surface area (Å²) in [5.41, 5.74) is 2.03. The number of amides is 1. The van der Waals surface area contributed by atoms with E-state index in [1.807, 2.05) is 19.1 Å². The summed E-state index contributed by atoms with van der Waals surface area (Å²) >= 11 is 0. The Kier molecular flexibility index (Phi) is 5.63. The molecular weight excluding hydrogens is 415 g/mol. The van der Waals surface area contributed by atoms with Gasteiger partial charge in [-0.05, 0) is 48.9 Å². The average molecular weight is 432 g/mol. The van der Waals surface area contributed by atoms with E-state index in [4.69, 9.17) is 4.74 Å². The summed E-state index contributed by atoms with van der Waals surface area (Å²) in [6, 6.07) is 18.4. The molecule has 32 heavy (non-hydrogen) atoms. The van der Waals surface area contributed by atoms with E-state index in [-0.39, 0.29) is 28.6 Å². The molecule has 0 aliphatic heterocycles. The van der Waals surface area contributed by atoms with Crippen molar-refractivity contribution >= 4 is 17.3 Å². The van der Waals surface area contributed by atoms with Crippen molar-refractivity contribution in [1.82, 2.24) is 10.2 Å². The fourth-order valence-electron chi connectivity index (χ4n) is 3.02. The van der Waals surface area contributed by atoms with Crippen LogP contribution in [0.2, 0.25) is 0 Å². The molecule has 2 N–H and O–H groups in total. The highest BCUT2D eigenvalue weighted by atomic mass is 19.1. The highest BCUT2D eigenvalue weighted by molar-refractivity contribution is 6.03. The molecule has 8 nitrogen and oxygen atoms in total. The fourth-order valence-corrected chi connectivity index (χ4v) is 3.02. The topological polar surface area (TPSA) is 110 Å². The van der Waals surface area contributed by atoms with Gasteiger partial charge in [-0.2, -0.15) is 5.10 Å². The fraction of sp³-hybridized carbons (Fsp3) is 0.0435. The van der Waals surface area contributed by atoms with Crippen molar-refractivity contribution in [3.63, 3.8) is 0 Å². The normalized spacial score (nSPS) is 10.6. The number of hydrogen-bond donors (Lipinski definition) is 2. The molecule has 0 spiro atoms. The Morgan fingerprint density at radius 2 is 1.84 bits per heavy atom. The summed E-state index contributed by atoms with van der Waals surface area (Å²) in [5.74, 6) is -0.173. The molecule has 1 amide bonds. The number of nitrogens with zero attached hydrogens (tertiary/aromatic N) is 2. The number of nitro groups is 1. The number of aromatic nitrogens is 2. The summed E-state index contributed by atoms with van der Waals surface area (Å²) in [4.78, 5) is 23.5. The van der Waals surface area contributed by atoms with Gasteiger partial charge in [-0.1, -0.05) is 18.2 Å². The number of nitro benzene ring substituents is 1. The van der Waals surface area contributed by atoms with E-state index < -0.39 is 10.8 Å². The van der Waals surface area contributed by atoms with Crippen LogP contribution >= 0.6 is 0 Å². The first-order valence-electron chi connectivity index (χ1n) is 9.55. The molecule has 0 aliphatic rings. The third-order valence-corrected chi connectivity index (χ3v) is 4.64. The molecule has 0 atom stereocenters. The molecule has 160 valence electrons. The second-order valence-electron chi connectivity index (χ2n) is 6.97. The predicted molar refractivity (Wildman–Crippen MR) is 116 cm³/mol. The van der Waals surface area contributed by atoms with Crippen molar-refractivity contribution in [2.75, 3.05) is 5.32 Å². The second kappa shape index (κ2) is 8.68. The van der Waals surface area contributed by atoms with Gasteiger partial charge in [0.25, 0.3) is 11.6 Å². The van der Waals surface area contributed by atoms with Crippen molar-refractivity contribution in [3.05, 3.63) is 100.0 Å². The number of carbonyl (C=O) groups is 1. The number of H-pyrrole nitrogens is 1. The monoisotopic (exact) mass is 432 g/mol. The van der Waals surface area contributed by atoms with E-state index in [1.165, 1.54) is 36.4 Å². The lowest BCUT2D eigenvalue weighted by Crippen LogP contribution is -2.12. The first-order chi connectivity index (χ1) is 15.4. The lowest BCUT2D eigenvalue weighted by Gasteiger charge is -2.10. The molecule has 4 rings (SSSR count). The van der Waals surface area contributed by atoms with Gasteiger partial charge in [-0.3, -0.25) is 20.0 Å². The lowest BCUT2D eigenvalue weighted by atomic mass is 10.1. The first-order valence-corrected chi connectivity index (χ1v) is 9.55. The number of ether oxygens (including phenoxy) is 1. The van der Waals surface area contributed by atoms with Crippen LogP contribution in [0.15, 0.2) is 72.8 Å². The van der Waals surface area contributed by atoms with Crippen LogP contribution in [0.3, 0.4) is 0 Å². The number of para-hydroxylation sites is 1. The molecule has 0 bridgehead atoms. The third kappa shape index (κ3) is 4.62. The van der Waals surface area contributed by atoms with Crippen LogP contribution < -0.4 is 10.1 Å². The zero-order valence-corrected chi connectivity index (χ0v) is 16.8. The zero-order chi connectivity index (χ0) is 22.7. The number of non-ortho nitro benzene ring substituents is 1. The summed E-state index contributed by atoms with van der Waals surface area (Å²) in [6.07, 6.45) is 0. The van der Waals surface area contributed by atoms with Crippen molar-refractivity contribution in [2.45, 2.75) is 6.92 Å². The Morgan fingerprint density at radius 1 is 1.09 bits per heavy atom. The van der Waals surface area contributed by atoms with E-state index in [0.717, 1.165) is 5.56 Å². The number of hydrogen-bond acceptors (Lipinski definition) is 5. The van der Waals surface area contributed by atoms with Crippen molar-refractivity contribution in [2.24, 2.45) is 0 Å². The molecule has 4 aromatic rings. The maximum atomic E-state index is 13.1. The number of nitrogens with one attached hydrogen (secondary N) is 2. The largest absolute Gasteiger partial charge is 0.457 e. The van der Waals surface area contributed by atoms with Gasteiger partial charge in [-0.15, -0.1) is 0 Å². The molecular formula is C23H17FN4O4. The number of aromatic amines is 1. The van der Waals surface area contributed by atoms with E-state index in [0.29, 0.717) is 17.0 Å². The van der Waals surface area contributed by atoms with Crippen LogP contribution in [0, 0.1) is 22.9 Å². The minimum atomic E-state index is -0.566.